The second-order valence-corrected chi connectivity index (χ2v) is 5.80. The zero-order valence-corrected chi connectivity index (χ0v) is 10.3. The van der Waals surface area contributed by atoms with Crippen LogP contribution in [-0.4, -0.2) is 10.1 Å². The average molecular weight is 225 g/mol. The van der Waals surface area contributed by atoms with Crippen molar-refractivity contribution < 1.29 is 5.11 Å². The van der Waals surface area contributed by atoms with Gasteiger partial charge in [-0.1, -0.05) is 13.8 Å². The van der Waals surface area contributed by atoms with Crippen molar-refractivity contribution in [2.45, 2.75) is 51.6 Å². The predicted octanol–water partition coefficient (Wildman–Crippen LogP) is 3.10. The van der Waals surface area contributed by atoms with Gasteiger partial charge in [0.2, 0.25) is 0 Å². The van der Waals surface area contributed by atoms with Crippen molar-refractivity contribution in [1.29, 1.82) is 0 Å². The molecule has 0 saturated heterocycles. The molecule has 2 nitrogen and oxygen atoms in total. The van der Waals surface area contributed by atoms with Gasteiger partial charge in [0.15, 0.2) is 0 Å². The third kappa shape index (κ3) is 2.23. The molecule has 0 amide bonds. The van der Waals surface area contributed by atoms with Gasteiger partial charge in [-0.05, 0) is 38.0 Å². The Labute approximate surface area is 95.4 Å². The van der Waals surface area contributed by atoms with Crippen LogP contribution in [0.2, 0.25) is 0 Å². The molecule has 2 rings (SSSR count). The van der Waals surface area contributed by atoms with Gasteiger partial charge in [0, 0.05) is 6.20 Å². The Balaban J connectivity index is 2.14. The number of thiazole rings is 1. The molecule has 1 aromatic heterocycles. The molecule has 15 heavy (non-hydrogen) atoms. The van der Waals surface area contributed by atoms with Crippen LogP contribution in [0.25, 0.3) is 0 Å². The number of rotatable bonds is 2. The Morgan fingerprint density at radius 2 is 2.20 bits per heavy atom. The predicted molar refractivity (Wildman–Crippen MR) is 63.0 cm³/mol. The standard InChI is InChI=1S/C12H19NOS/c1-3-11-13-8-10(15-11)12(14)6-4-9(2)5-7-12/h8-9,14H,3-7H2,1-2H3. The first-order chi connectivity index (χ1) is 7.14. The van der Waals surface area contributed by atoms with Gasteiger partial charge in [0.05, 0.1) is 9.88 Å². The largest absolute Gasteiger partial charge is 0.384 e. The van der Waals surface area contributed by atoms with Gasteiger partial charge in [-0.2, -0.15) is 0 Å². The summed E-state index contributed by atoms with van der Waals surface area (Å²) in [5.74, 6) is 0.767. The summed E-state index contributed by atoms with van der Waals surface area (Å²) in [5.41, 5.74) is -0.572. The minimum Gasteiger partial charge on any atom is -0.384 e. The van der Waals surface area contributed by atoms with Crippen molar-refractivity contribution in [3.8, 4) is 0 Å². The highest BCUT2D eigenvalue weighted by Crippen LogP contribution is 2.41. The molecule has 1 heterocycles. The van der Waals surface area contributed by atoms with Crippen LogP contribution >= 0.6 is 11.3 Å². The van der Waals surface area contributed by atoms with E-state index in [1.54, 1.807) is 11.3 Å². The van der Waals surface area contributed by atoms with Crippen LogP contribution in [0.5, 0.6) is 0 Å². The van der Waals surface area contributed by atoms with Crippen LogP contribution in [0.4, 0.5) is 0 Å². The second-order valence-electron chi connectivity index (χ2n) is 4.69. The molecule has 1 aliphatic rings. The molecule has 1 aromatic rings. The highest BCUT2D eigenvalue weighted by atomic mass is 32.1. The molecule has 0 aromatic carbocycles. The van der Waals surface area contributed by atoms with E-state index in [4.69, 9.17) is 0 Å². The summed E-state index contributed by atoms with van der Waals surface area (Å²) in [4.78, 5) is 5.41. The second kappa shape index (κ2) is 4.22. The molecule has 1 saturated carbocycles. The first kappa shape index (κ1) is 11.1. The van der Waals surface area contributed by atoms with Crippen molar-refractivity contribution in [1.82, 2.24) is 4.98 Å². The summed E-state index contributed by atoms with van der Waals surface area (Å²) < 4.78 is 0. The lowest BCUT2D eigenvalue weighted by atomic mass is 9.79. The summed E-state index contributed by atoms with van der Waals surface area (Å²) in [6.45, 7) is 4.37. The number of nitrogens with zero attached hydrogens (tertiary/aromatic N) is 1. The lowest BCUT2D eigenvalue weighted by molar-refractivity contribution is -0.00886. The van der Waals surface area contributed by atoms with E-state index in [0.717, 1.165) is 47.9 Å². The van der Waals surface area contributed by atoms with Crippen molar-refractivity contribution in [3.63, 3.8) is 0 Å². The zero-order chi connectivity index (χ0) is 10.9. The van der Waals surface area contributed by atoms with E-state index in [1.165, 1.54) is 0 Å². The Hall–Kier alpha value is -0.410. The molecular formula is C12H19NOS. The average Bonchev–Trinajstić information content (AvgIpc) is 2.72. The SMILES string of the molecule is CCc1ncc(C2(O)CCC(C)CC2)s1. The summed E-state index contributed by atoms with van der Waals surface area (Å²) >= 11 is 1.68. The Bertz CT molecular complexity index is 326. The maximum atomic E-state index is 10.5. The quantitative estimate of drug-likeness (QED) is 0.839. The van der Waals surface area contributed by atoms with E-state index in [9.17, 15) is 5.11 Å². The van der Waals surface area contributed by atoms with Crippen LogP contribution in [-0.2, 0) is 12.0 Å². The summed E-state index contributed by atoms with van der Waals surface area (Å²) in [6.07, 6.45) is 6.92. The van der Waals surface area contributed by atoms with Gasteiger partial charge in [0.1, 0.15) is 5.60 Å². The molecule has 0 radical (unpaired) electrons. The lowest BCUT2D eigenvalue weighted by Gasteiger charge is -2.33. The fourth-order valence-electron chi connectivity index (χ4n) is 2.17. The number of hydrogen-bond acceptors (Lipinski definition) is 3. The lowest BCUT2D eigenvalue weighted by Crippen LogP contribution is -2.29. The zero-order valence-electron chi connectivity index (χ0n) is 9.49. The Morgan fingerprint density at radius 1 is 1.53 bits per heavy atom. The summed E-state index contributed by atoms with van der Waals surface area (Å²) in [7, 11) is 0. The molecule has 0 unspecified atom stereocenters. The van der Waals surface area contributed by atoms with Crippen LogP contribution in [0.1, 0.15) is 49.4 Å². The normalized spacial score (nSPS) is 31.8. The summed E-state index contributed by atoms with van der Waals surface area (Å²) in [6, 6.07) is 0. The highest BCUT2D eigenvalue weighted by molar-refractivity contribution is 7.11. The van der Waals surface area contributed by atoms with Crippen molar-refractivity contribution in [2.75, 3.05) is 0 Å². The van der Waals surface area contributed by atoms with E-state index in [2.05, 4.69) is 18.8 Å². The van der Waals surface area contributed by atoms with Gasteiger partial charge < -0.3 is 5.11 Å². The van der Waals surface area contributed by atoms with Gasteiger partial charge in [-0.25, -0.2) is 4.98 Å². The molecule has 0 bridgehead atoms. The molecule has 1 N–H and O–H groups in total. The Kier molecular flexibility index (Phi) is 3.12. The minimum atomic E-state index is -0.572. The highest BCUT2D eigenvalue weighted by Gasteiger charge is 2.35. The van der Waals surface area contributed by atoms with Gasteiger partial charge in [-0.3, -0.25) is 0 Å². The number of aliphatic hydroxyl groups is 1. The molecular weight excluding hydrogens is 206 g/mol. The fraction of sp³-hybridized carbons (Fsp3) is 0.750. The maximum Gasteiger partial charge on any atom is 0.100 e. The van der Waals surface area contributed by atoms with E-state index < -0.39 is 5.60 Å². The molecule has 3 heteroatoms. The van der Waals surface area contributed by atoms with Crippen molar-refractivity contribution >= 4 is 11.3 Å². The number of hydrogen-bond donors (Lipinski definition) is 1. The molecule has 0 atom stereocenters. The summed E-state index contributed by atoms with van der Waals surface area (Å²) in [5, 5.41) is 11.7. The molecule has 0 aliphatic heterocycles. The van der Waals surface area contributed by atoms with Gasteiger partial charge in [-0.15, -0.1) is 11.3 Å². The van der Waals surface area contributed by atoms with Crippen LogP contribution in [0.3, 0.4) is 0 Å². The van der Waals surface area contributed by atoms with E-state index >= 15 is 0 Å². The van der Waals surface area contributed by atoms with Gasteiger partial charge >= 0.3 is 0 Å². The van der Waals surface area contributed by atoms with E-state index in [1.807, 2.05) is 6.20 Å². The maximum absolute atomic E-state index is 10.5. The third-order valence-electron chi connectivity index (χ3n) is 3.42. The first-order valence-corrected chi connectivity index (χ1v) is 6.63. The molecule has 1 aliphatic carbocycles. The van der Waals surface area contributed by atoms with Crippen molar-refractivity contribution in [2.24, 2.45) is 5.92 Å². The van der Waals surface area contributed by atoms with Crippen LogP contribution in [0.15, 0.2) is 6.20 Å². The Morgan fingerprint density at radius 3 is 2.73 bits per heavy atom. The number of aromatic nitrogens is 1. The molecule has 1 fully saturated rings. The van der Waals surface area contributed by atoms with Crippen LogP contribution in [0, 0.1) is 5.92 Å². The van der Waals surface area contributed by atoms with Crippen molar-refractivity contribution in [3.05, 3.63) is 16.1 Å². The monoisotopic (exact) mass is 225 g/mol. The smallest absolute Gasteiger partial charge is 0.100 e. The first-order valence-electron chi connectivity index (χ1n) is 5.81. The topological polar surface area (TPSA) is 33.1 Å². The molecule has 0 spiro atoms. The van der Waals surface area contributed by atoms with E-state index in [-0.39, 0.29) is 0 Å². The third-order valence-corrected chi connectivity index (χ3v) is 4.75. The molecule has 84 valence electrons. The minimum absolute atomic E-state index is 0.572. The fourth-order valence-corrected chi connectivity index (χ4v) is 3.18. The van der Waals surface area contributed by atoms with E-state index in [0.29, 0.717) is 0 Å². The van der Waals surface area contributed by atoms with Gasteiger partial charge in [0.25, 0.3) is 0 Å². The number of aryl methyl sites for hydroxylation is 1. The van der Waals surface area contributed by atoms with Crippen LogP contribution < -0.4 is 0 Å².